The fourth-order valence-corrected chi connectivity index (χ4v) is 2.50. The number of aromatic nitrogens is 2. The van der Waals surface area contributed by atoms with E-state index in [9.17, 15) is 0 Å². The van der Waals surface area contributed by atoms with Crippen molar-refractivity contribution in [3.05, 3.63) is 70.2 Å². The molecule has 2 heterocycles. The van der Waals surface area contributed by atoms with E-state index in [2.05, 4.69) is 61.6 Å². The predicted molar refractivity (Wildman–Crippen MR) is 123 cm³/mol. The quantitative estimate of drug-likeness (QED) is 0.479. The number of hydrogen-bond acceptors (Lipinski definition) is 4. The highest BCUT2D eigenvalue weighted by molar-refractivity contribution is 9.11. The van der Waals surface area contributed by atoms with Crippen molar-refractivity contribution in [2.24, 2.45) is 0 Å². The van der Waals surface area contributed by atoms with Crippen molar-refractivity contribution in [2.45, 2.75) is 27.7 Å². The van der Waals surface area contributed by atoms with Gasteiger partial charge in [-0.2, -0.15) is 0 Å². The van der Waals surface area contributed by atoms with Gasteiger partial charge in [0, 0.05) is 41.6 Å². The number of nitrogens with two attached hydrogens (primary N) is 2. The van der Waals surface area contributed by atoms with Gasteiger partial charge in [0.05, 0.1) is 14.6 Å². The number of halogens is 2. The average Bonchev–Trinajstić information content (AvgIpc) is 2.52. The summed E-state index contributed by atoms with van der Waals surface area (Å²) in [5, 5.41) is 0. The Morgan fingerprint density at radius 3 is 1.31 bits per heavy atom. The first-order valence-corrected chi connectivity index (χ1v) is 9.29. The fraction of sp³-hybridized carbons (Fsp3) is 0.200. The van der Waals surface area contributed by atoms with Crippen LogP contribution in [0.3, 0.4) is 0 Å². The number of allylic oxidation sites excluding steroid dienone is 3. The van der Waals surface area contributed by atoms with Crippen LogP contribution in [0.15, 0.2) is 59.0 Å². The van der Waals surface area contributed by atoms with Crippen LogP contribution >= 0.6 is 31.9 Å². The second-order valence-electron chi connectivity index (χ2n) is 5.93. The van der Waals surface area contributed by atoms with Crippen LogP contribution in [0.2, 0.25) is 0 Å². The van der Waals surface area contributed by atoms with Gasteiger partial charge in [-0.3, -0.25) is 9.97 Å². The Kier molecular flexibility index (Phi) is 10.8. The lowest BCUT2D eigenvalue weighted by atomic mass is 10.0. The fourth-order valence-electron chi connectivity index (χ4n) is 1.57. The number of nitrogens with zero attached hydrogens (tertiary/aromatic N) is 2. The van der Waals surface area contributed by atoms with E-state index < -0.39 is 0 Å². The lowest BCUT2D eigenvalue weighted by Gasteiger charge is -2.09. The topological polar surface area (TPSA) is 77.8 Å². The normalized spacial score (nSPS) is 9.15. The highest BCUT2D eigenvalue weighted by Crippen LogP contribution is 2.26. The van der Waals surface area contributed by atoms with E-state index in [1.807, 2.05) is 27.7 Å². The van der Waals surface area contributed by atoms with Gasteiger partial charge in [-0.05, 0) is 70.7 Å². The van der Waals surface area contributed by atoms with Crippen molar-refractivity contribution in [3.8, 4) is 0 Å². The third-order valence-electron chi connectivity index (χ3n) is 2.80. The molecule has 4 nitrogen and oxygen atoms in total. The maximum atomic E-state index is 5.92. The van der Waals surface area contributed by atoms with Gasteiger partial charge in [-0.25, -0.2) is 0 Å². The van der Waals surface area contributed by atoms with Crippen molar-refractivity contribution in [3.63, 3.8) is 0 Å². The maximum Gasteiger partial charge on any atom is 0.0634 e. The van der Waals surface area contributed by atoms with Crippen molar-refractivity contribution >= 4 is 54.4 Å². The summed E-state index contributed by atoms with van der Waals surface area (Å²) < 4.78 is 1.63. The van der Waals surface area contributed by atoms with Gasteiger partial charge in [-0.15, -0.1) is 6.58 Å². The molecule has 0 atom stereocenters. The Morgan fingerprint density at radius 2 is 1.04 bits per heavy atom. The zero-order chi connectivity index (χ0) is 20.4. The Balaban J connectivity index is 0.000000416. The molecule has 6 heteroatoms. The van der Waals surface area contributed by atoms with Crippen molar-refractivity contribution in [2.75, 3.05) is 11.5 Å². The zero-order valence-corrected chi connectivity index (χ0v) is 18.9. The second kappa shape index (κ2) is 11.6. The van der Waals surface area contributed by atoms with E-state index >= 15 is 0 Å². The number of hydrogen-bond donors (Lipinski definition) is 2. The van der Waals surface area contributed by atoms with Crippen LogP contribution in [0.5, 0.6) is 0 Å². The monoisotopic (exact) mass is 480 g/mol. The van der Waals surface area contributed by atoms with E-state index in [1.165, 1.54) is 5.57 Å². The van der Waals surface area contributed by atoms with Crippen LogP contribution in [0, 0.1) is 0 Å². The molecule has 0 radical (unpaired) electrons. The first-order chi connectivity index (χ1) is 12.0. The Bertz CT molecular complexity index is 742. The van der Waals surface area contributed by atoms with E-state index in [-0.39, 0.29) is 0 Å². The van der Waals surface area contributed by atoms with Crippen LogP contribution in [-0.4, -0.2) is 9.97 Å². The Morgan fingerprint density at radius 1 is 0.731 bits per heavy atom. The maximum absolute atomic E-state index is 5.92. The predicted octanol–water partition coefficient (Wildman–Crippen LogP) is 6.50. The molecule has 0 aliphatic heterocycles. The smallest absolute Gasteiger partial charge is 0.0634 e. The van der Waals surface area contributed by atoms with E-state index in [0.717, 1.165) is 36.9 Å². The minimum atomic E-state index is 0.685. The molecule has 0 unspecified atom stereocenters. The van der Waals surface area contributed by atoms with E-state index in [1.54, 1.807) is 24.8 Å². The molecule has 2 aromatic heterocycles. The SMILES string of the molecule is C=C(C)C.C=C(C)c1cncc(C(=C)C)c1N.Nc1c(Br)cncc1Br. The third-order valence-corrected chi connectivity index (χ3v) is 4.06. The molecule has 0 aromatic carbocycles. The number of nitrogen functional groups attached to an aromatic ring is 2. The summed E-state index contributed by atoms with van der Waals surface area (Å²) in [5.41, 5.74) is 17.7. The van der Waals surface area contributed by atoms with Crippen LogP contribution in [0.25, 0.3) is 11.1 Å². The molecule has 4 N–H and O–H groups in total. The molecular formula is C20H26Br2N4. The molecule has 0 aliphatic rings. The van der Waals surface area contributed by atoms with Gasteiger partial charge in [0.15, 0.2) is 0 Å². The number of anilines is 2. The molecule has 0 aliphatic carbocycles. The van der Waals surface area contributed by atoms with Crippen molar-refractivity contribution in [1.82, 2.24) is 9.97 Å². The molecule has 0 saturated carbocycles. The van der Waals surface area contributed by atoms with Gasteiger partial charge in [0.25, 0.3) is 0 Å². The lowest BCUT2D eigenvalue weighted by Crippen LogP contribution is -1.98. The standard InChI is InChI=1S/C11H14N2.C5H4Br2N2.C4H8/c1-7(2)9-5-13-6-10(8(3)4)11(9)12;6-3-1-9-2-4(7)5(3)8;1-4(2)3/h5-6H,1,3H2,2,4H3,(H2,12,13);1-2H,(H2,8,9);1H2,2-3H3. The largest absolute Gasteiger partial charge is 0.398 e. The lowest BCUT2D eigenvalue weighted by molar-refractivity contribution is 1.29. The van der Waals surface area contributed by atoms with Gasteiger partial charge < -0.3 is 11.5 Å². The molecular weight excluding hydrogens is 456 g/mol. The highest BCUT2D eigenvalue weighted by atomic mass is 79.9. The first kappa shape index (κ1) is 24.1. The zero-order valence-electron chi connectivity index (χ0n) is 15.7. The van der Waals surface area contributed by atoms with Crippen LogP contribution in [0.4, 0.5) is 11.4 Å². The van der Waals surface area contributed by atoms with Gasteiger partial charge in [0.1, 0.15) is 0 Å². The molecule has 2 aromatic rings. The molecule has 0 amide bonds. The minimum Gasteiger partial charge on any atom is -0.398 e. The summed E-state index contributed by atoms with van der Waals surface area (Å²) >= 11 is 6.46. The average molecular weight is 482 g/mol. The van der Waals surface area contributed by atoms with E-state index in [4.69, 9.17) is 11.5 Å². The summed E-state index contributed by atoms with van der Waals surface area (Å²) in [4.78, 5) is 7.96. The van der Waals surface area contributed by atoms with Crippen LogP contribution in [-0.2, 0) is 0 Å². The summed E-state index contributed by atoms with van der Waals surface area (Å²) in [6, 6.07) is 0. The van der Waals surface area contributed by atoms with Gasteiger partial charge in [0.2, 0.25) is 0 Å². The first-order valence-electron chi connectivity index (χ1n) is 7.70. The molecule has 26 heavy (non-hydrogen) atoms. The third kappa shape index (κ3) is 8.45. The minimum absolute atomic E-state index is 0.685. The van der Waals surface area contributed by atoms with Crippen molar-refractivity contribution < 1.29 is 0 Å². The van der Waals surface area contributed by atoms with Crippen molar-refractivity contribution in [1.29, 1.82) is 0 Å². The molecule has 140 valence electrons. The Hall–Kier alpha value is -1.92. The Labute approximate surface area is 173 Å². The summed E-state index contributed by atoms with van der Waals surface area (Å²) in [7, 11) is 0. The molecule has 0 spiro atoms. The second-order valence-corrected chi connectivity index (χ2v) is 7.64. The van der Waals surface area contributed by atoms with Crippen LogP contribution in [0.1, 0.15) is 38.8 Å². The van der Waals surface area contributed by atoms with Gasteiger partial charge in [-0.1, -0.05) is 18.7 Å². The molecule has 0 bridgehead atoms. The molecule has 0 saturated heterocycles. The summed E-state index contributed by atoms with van der Waals surface area (Å²) in [5.74, 6) is 0. The van der Waals surface area contributed by atoms with Gasteiger partial charge >= 0.3 is 0 Å². The van der Waals surface area contributed by atoms with Crippen LogP contribution < -0.4 is 11.5 Å². The number of rotatable bonds is 2. The van der Waals surface area contributed by atoms with E-state index in [0.29, 0.717) is 5.69 Å². The molecule has 0 fully saturated rings. The summed E-state index contributed by atoms with van der Waals surface area (Å²) in [6.07, 6.45) is 6.76. The summed E-state index contributed by atoms with van der Waals surface area (Å²) in [6.45, 7) is 19.0. The molecule has 2 rings (SSSR count). The number of pyridine rings is 2. The highest BCUT2D eigenvalue weighted by Gasteiger charge is 2.06.